The molecule has 0 fully saturated rings. The number of benzene rings is 3. The first-order chi connectivity index (χ1) is 17.1. The van der Waals surface area contributed by atoms with Gasteiger partial charge in [-0.05, 0) is 48.5 Å². The van der Waals surface area contributed by atoms with Crippen LogP contribution in [-0.4, -0.2) is 46.7 Å². The number of carbonyl (C=O) groups excluding carboxylic acids is 1. The van der Waals surface area contributed by atoms with Crippen LogP contribution >= 0.6 is 23.4 Å². The molecule has 5 rings (SSSR count). The van der Waals surface area contributed by atoms with Gasteiger partial charge in [-0.3, -0.25) is 9.36 Å². The zero-order valence-corrected chi connectivity index (χ0v) is 20.3. The SMILES string of the molecule is COc1cccc(-c2nnc(SCC(=O)Nc3ccc4c(c3)OCCO4)n2-c2ccc(Cl)cc2)c1. The van der Waals surface area contributed by atoms with E-state index in [2.05, 4.69) is 15.5 Å². The molecule has 1 N–H and O–H groups in total. The highest BCUT2D eigenvalue weighted by Gasteiger charge is 2.18. The Kier molecular flexibility index (Phi) is 6.78. The van der Waals surface area contributed by atoms with Gasteiger partial charge in [0.05, 0.1) is 12.9 Å². The molecule has 1 amide bonds. The molecule has 0 atom stereocenters. The number of nitrogens with one attached hydrogen (secondary N) is 1. The van der Waals surface area contributed by atoms with E-state index in [9.17, 15) is 4.79 Å². The molecule has 35 heavy (non-hydrogen) atoms. The summed E-state index contributed by atoms with van der Waals surface area (Å²) in [5, 5.41) is 12.9. The van der Waals surface area contributed by atoms with Crippen molar-refractivity contribution in [2.45, 2.75) is 5.16 Å². The largest absolute Gasteiger partial charge is 0.497 e. The van der Waals surface area contributed by atoms with Crippen LogP contribution in [0.1, 0.15) is 0 Å². The van der Waals surface area contributed by atoms with E-state index in [-0.39, 0.29) is 11.7 Å². The topological polar surface area (TPSA) is 87.5 Å². The number of aromatic nitrogens is 3. The third-order valence-electron chi connectivity index (χ3n) is 5.20. The summed E-state index contributed by atoms with van der Waals surface area (Å²) in [6.45, 7) is 0.998. The Labute approximate surface area is 211 Å². The van der Waals surface area contributed by atoms with Crippen molar-refractivity contribution in [2.24, 2.45) is 0 Å². The lowest BCUT2D eigenvalue weighted by atomic mass is 10.2. The number of rotatable bonds is 7. The molecule has 3 aromatic carbocycles. The van der Waals surface area contributed by atoms with E-state index in [0.29, 0.717) is 52.2 Å². The average molecular weight is 509 g/mol. The fourth-order valence-electron chi connectivity index (χ4n) is 3.58. The molecular formula is C25H21ClN4O4S. The highest BCUT2D eigenvalue weighted by atomic mass is 35.5. The zero-order valence-electron chi connectivity index (χ0n) is 18.7. The van der Waals surface area contributed by atoms with E-state index in [1.165, 1.54) is 11.8 Å². The lowest BCUT2D eigenvalue weighted by molar-refractivity contribution is -0.113. The number of halogens is 1. The van der Waals surface area contributed by atoms with Crippen molar-refractivity contribution in [2.75, 3.05) is 31.4 Å². The first-order valence-electron chi connectivity index (χ1n) is 10.8. The Morgan fingerprint density at radius 1 is 1.06 bits per heavy atom. The molecule has 8 nitrogen and oxygen atoms in total. The van der Waals surface area contributed by atoms with Crippen molar-refractivity contribution in [3.8, 4) is 34.3 Å². The molecular weight excluding hydrogens is 488 g/mol. The van der Waals surface area contributed by atoms with Gasteiger partial charge in [0.2, 0.25) is 5.91 Å². The van der Waals surface area contributed by atoms with Crippen LogP contribution in [0.3, 0.4) is 0 Å². The Bertz CT molecular complexity index is 1360. The second-order valence-corrected chi connectivity index (χ2v) is 8.92. The van der Waals surface area contributed by atoms with E-state index in [4.69, 9.17) is 25.8 Å². The molecule has 1 aromatic heterocycles. The van der Waals surface area contributed by atoms with Crippen LogP contribution in [0.2, 0.25) is 5.02 Å². The molecule has 1 aliphatic heterocycles. The monoisotopic (exact) mass is 508 g/mol. The molecule has 0 bridgehead atoms. The minimum absolute atomic E-state index is 0.137. The minimum Gasteiger partial charge on any atom is -0.497 e. The Hall–Kier alpha value is -3.69. The number of ether oxygens (including phenoxy) is 3. The Morgan fingerprint density at radius 2 is 1.86 bits per heavy atom. The first-order valence-corrected chi connectivity index (χ1v) is 12.1. The lowest BCUT2D eigenvalue weighted by Crippen LogP contribution is -2.17. The van der Waals surface area contributed by atoms with Gasteiger partial charge in [-0.25, -0.2) is 0 Å². The molecule has 2 heterocycles. The minimum atomic E-state index is -0.180. The summed E-state index contributed by atoms with van der Waals surface area (Å²) in [4.78, 5) is 12.7. The van der Waals surface area contributed by atoms with Crippen LogP contribution in [0.4, 0.5) is 5.69 Å². The van der Waals surface area contributed by atoms with Gasteiger partial charge in [0.15, 0.2) is 22.5 Å². The van der Waals surface area contributed by atoms with Crippen LogP contribution < -0.4 is 19.5 Å². The van der Waals surface area contributed by atoms with Crippen molar-refractivity contribution in [3.63, 3.8) is 0 Å². The number of hydrogen-bond acceptors (Lipinski definition) is 7. The normalized spacial score (nSPS) is 12.3. The summed E-state index contributed by atoms with van der Waals surface area (Å²) in [5.74, 6) is 2.58. The van der Waals surface area contributed by atoms with E-state index in [1.807, 2.05) is 41.0 Å². The molecule has 0 saturated carbocycles. The van der Waals surface area contributed by atoms with Gasteiger partial charge >= 0.3 is 0 Å². The predicted molar refractivity (Wildman–Crippen MR) is 135 cm³/mol. The van der Waals surface area contributed by atoms with E-state index >= 15 is 0 Å². The van der Waals surface area contributed by atoms with Crippen molar-refractivity contribution in [3.05, 3.63) is 71.8 Å². The number of amides is 1. The molecule has 0 unspecified atom stereocenters. The maximum absolute atomic E-state index is 12.7. The first kappa shape index (κ1) is 23.1. The fourth-order valence-corrected chi connectivity index (χ4v) is 4.46. The van der Waals surface area contributed by atoms with Gasteiger partial charge in [-0.15, -0.1) is 10.2 Å². The predicted octanol–water partition coefficient (Wildman–Crippen LogP) is 5.10. The quantitative estimate of drug-likeness (QED) is 0.347. The van der Waals surface area contributed by atoms with Crippen molar-refractivity contribution in [1.29, 1.82) is 0 Å². The van der Waals surface area contributed by atoms with E-state index in [0.717, 1.165) is 11.3 Å². The summed E-state index contributed by atoms with van der Waals surface area (Å²) in [7, 11) is 1.62. The van der Waals surface area contributed by atoms with Gasteiger partial charge in [0.25, 0.3) is 0 Å². The van der Waals surface area contributed by atoms with Gasteiger partial charge in [0.1, 0.15) is 19.0 Å². The van der Waals surface area contributed by atoms with Crippen LogP contribution in [0.5, 0.6) is 17.2 Å². The summed E-state index contributed by atoms with van der Waals surface area (Å²) in [6.07, 6.45) is 0. The molecule has 0 spiro atoms. The summed E-state index contributed by atoms with van der Waals surface area (Å²) >= 11 is 7.39. The van der Waals surface area contributed by atoms with E-state index in [1.54, 1.807) is 37.4 Å². The van der Waals surface area contributed by atoms with Gasteiger partial charge in [0, 0.05) is 28.0 Å². The Morgan fingerprint density at radius 3 is 2.66 bits per heavy atom. The van der Waals surface area contributed by atoms with Gasteiger partial charge < -0.3 is 19.5 Å². The highest BCUT2D eigenvalue weighted by Crippen LogP contribution is 2.33. The number of thioether (sulfide) groups is 1. The number of methoxy groups -OCH3 is 1. The second-order valence-electron chi connectivity index (χ2n) is 7.55. The van der Waals surface area contributed by atoms with Crippen molar-refractivity contribution in [1.82, 2.24) is 14.8 Å². The Balaban J connectivity index is 1.37. The number of carbonyl (C=O) groups is 1. The molecule has 1 aliphatic rings. The average Bonchev–Trinajstić information content (AvgIpc) is 3.32. The molecule has 0 radical (unpaired) electrons. The molecule has 10 heteroatoms. The molecule has 0 saturated heterocycles. The number of nitrogens with zero attached hydrogens (tertiary/aromatic N) is 3. The number of hydrogen-bond donors (Lipinski definition) is 1. The van der Waals surface area contributed by atoms with Crippen LogP contribution in [0.15, 0.2) is 71.9 Å². The number of anilines is 1. The fraction of sp³-hybridized carbons (Fsp3) is 0.160. The third kappa shape index (κ3) is 5.21. The zero-order chi connectivity index (χ0) is 24.2. The van der Waals surface area contributed by atoms with Crippen molar-refractivity contribution < 1.29 is 19.0 Å². The summed E-state index contributed by atoms with van der Waals surface area (Å²) in [5.41, 5.74) is 2.29. The second kappa shape index (κ2) is 10.3. The standard InChI is InChI=1S/C25H21ClN4O4S/c1-32-20-4-2-3-16(13-20)24-28-29-25(30(24)19-8-5-17(26)6-9-19)35-15-23(31)27-18-7-10-21-22(14-18)34-12-11-33-21/h2-10,13-14H,11-12,15H2,1H3,(H,27,31). The van der Waals surface area contributed by atoms with Crippen LogP contribution in [0, 0.1) is 0 Å². The maximum Gasteiger partial charge on any atom is 0.234 e. The summed E-state index contributed by atoms with van der Waals surface area (Å²) < 4.78 is 18.4. The molecule has 0 aliphatic carbocycles. The van der Waals surface area contributed by atoms with Crippen molar-refractivity contribution >= 4 is 35.0 Å². The molecule has 4 aromatic rings. The van der Waals surface area contributed by atoms with Crippen LogP contribution in [-0.2, 0) is 4.79 Å². The number of fused-ring (bicyclic) bond motifs is 1. The van der Waals surface area contributed by atoms with Gasteiger partial charge in [-0.2, -0.15) is 0 Å². The highest BCUT2D eigenvalue weighted by molar-refractivity contribution is 7.99. The van der Waals surface area contributed by atoms with Crippen LogP contribution in [0.25, 0.3) is 17.1 Å². The third-order valence-corrected chi connectivity index (χ3v) is 6.39. The summed E-state index contributed by atoms with van der Waals surface area (Å²) in [6, 6.07) is 20.3. The lowest BCUT2D eigenvalue weighted by Gasteiger charge is -2.19. The maximum atomic E-state index is 12.7. The van der Waals surface area contributed by atoms with Gasteiger partial charge in [-0.1, -0.05) is 35.5 Å². The van der Waals surface area contributed by atoms with E-state index < -0.39 is 0 Å². The smallest absolute Gasteiger partial charge is 0.234 e. The molecule has 178 valence electrons.